The first kappa shape index (κ1) is 21.8. The molecule has 3 aliphatic rings. The Morgan fingerprint density at radius 3 is 2.52 bits per heavy atom. The van der Waals surface area contributed by atoms with E-state index in [1.807, 2.05) is 11.8 Å². The number of amides is 3. The smallest absolute Gasteiger partial charge is 0.277 e. The van der Waals surface area contributed by atoms with E-state index >= 15 is 0 Å². The fourth-order valence-corrected chi connectivity index (χ4v) is 4.92. The van der Waals surface area contributed by atoms with E-state index in [-0.39, 0.29) is 30.0 Å². The van der Waals surface area contributed by atoms with Crippen molar-refractivity contribution in [1.29, 1.82) is 0 Å². The average Bonchev–Trinajstić information content (AvgIpc) is 3.37. The van der Waals surface area contributed by atoms with Crippen LogP contribution in [0.15, 0.2) is 4.52 Å². The Morgan fingerprint density at radius 2 is 1.84 bits per heavy atom. The van der Waals surface area contributed by atoms with Crippen molar-refractivity contribution in [3.63, 3.8) is 0 Å². The molecule has 0 aromatic carbocycles. The maximum atomic E-state index is 13.5. The zero-order chi connectivity index (χ0) is 22.3. The zero-order valence-corrected chi connectivity index (χ0v) is 19.0. The van der Waals surface area contributed by atoms with Crippen molar-refractivity contribution in [2.75, 3.05) is 39.3 Å². The Bertz CT molecular complexity index is 860. The number of carbonyl (C=O) groups is 3. The van der Waals surface area contributed by atoms with Gasteiger partial charge in [0.05, 0.1) is 6.54 Å². The second-order valence-corrected chi connectivity index (χ2v) is 9.41. The minimum atomic E-state index is -0.634. The third-order valence-corrected chi connectivity index (χ3v) is 6.68. The summed E-state index contributed by atoms with van der Waals surface area (Å²) in [5.74, 6) is 0.387. The summed E-state index contributed by atoms with van der Waals surface area (Å²) < 4.78 is 5.37. The van der Waals surface area contributed by atoms with Gasteiger partial charge in [-0.25, -0.2) is 0 Å². The molecule has 3 fully saturated rings. The summed E-state index contributed by atoms with van der Waals surface area (Å²) in [7, 11) is 0. The van der Waals surface area contributed by atoms with Crippen molar-refractivity contribution in [1.82, 2.24) is 24.8 Å². The second kappa shape index (κ2) is 8.61. The van der Waals surface area contributed by atoms with Crippen LogP contribution in [-0.4, -0.2) is 93.8 Å². The minimum absolute atomic E-state index is 0.0772. The van der Waals surface area contributed by atoms with E-state index in [0.29, 0.717) is 37.9 Å². The van der Waals surface area contributed by atoms with Crippen LogP contribution in [0.3, 0.4) is 0 Å². The van der Waals surface area contributed by atoms with E-state index in [1.54, 1.807) is 11.8 Å². The number of aryl methyl sites for hydroxylation is 1. The van der Waals surface area contributed by atoms with Crippen LogP contribution in [-0.2, 0) is 16.1 Å². The lowest BCUT2D eigenvalue weighted by Crippen LogP contribution is -2.70. The summed E-state index contributed by atoms with van der Waals surface area (Å²) in [5.41, 5.74) is 1.05. The number of aromatic nitrogens is 1. The quantitative estimate of drug-likeness (QED) is 0.694. The van der Waals surface area contributed by atoms with Crippen molar-refractivity contribution in [3.8, 4) is 0 Å². The highest BCUT2D eigenvalue weighted by molar-refractivity contribution is 6.00. The van der Waals surface area contributed by atoms with E-state index in [1.165, 1.54) is 4.90 Å². The first-order chi connectivity index (χ1) is 14.8. The van der Waals surface area contributed by atoms with Crippen molar-refractivity contribution < 1.29 is 18.9 Å². The number of rotatable bonds is 5. The van der Waals surface area contributed by atoms with Gasteiger partial charge in [-0.05, 0) is 45.7 Å². The van der Waals surface area contributed by atoms with Gasteiger partial charge in [0.25, 0.3) is 5.91 Å². The molecule has 0 saturated carbocycles. The monoisotopic (exact) mass is 431 g/mol. The van der Waals surface area contributed by atoms with Gasteiger partial charge < -0.3 is 19.2 Å². The molecular formula is C22H33N5O4. The van der Waals surface area contributed by atoms with Crippen molar-refractivity contribution in [2.24, 2.45) is 5.92 Å². The predicted molar refractivity (Wildman–Crippen MR) is 113 cm³/mol. The summed E-state index contributed by atoms with van der Waals surface area (Å²) in [6.45, 7) is 12.2. The summed E-state index contributed by atoms with van der Waals surface area (Å²) in [6.07, 6.45) is 2.30. The van der Waals surface area contributed by atoms with Crippen LogP contribution in [0, 0.1) is 12.8 Å². The summed E-state index contributed by atoms with van der Waals surface area (Å²) in [5, 5.41) is 4.06. The lowest BCUT2D eigenvalue weighted by atomic mass is 10.0. The van der Waals surface area contributed by atoms with Gasteiger partial charge in [0, 0.05) is 31.7 Å². The molecule has 3 saturated heterocycles. The number of piperazine rings is 2. The minimum Gasteiger partial charge on any atom is -0.361 e. The molecule has 0 N–H and O–H groups in total. The largest absolute Gasteiger partial charge is 0.361 e. The molecule has 0 spiro atoms. The van der Waals surface area contributed by atoms with Crippen LogP contribution < -0.4 is 0 Å². The maximum absolute atomic E-state index is 13.5. The molecule has 3 aliphatic heterocycles. The number of carbonyl (C=O) groups excluding carboxylic acids is 3. The molecule has 31 heavy (non-hydrogen) atoms. The molecule has 4 rings (SSSR count). The SMILES string of the molecule is Cc1onc(C(=O)N2C[C@H]3C(=O)N(CC(C)C)CCN3C(=O)[C@@H]2C)c1CN1CCCC1. The molecular weight excluding hydrogens is 398 g/mol. The van der Waals surface area contributed by atoms with E-state index in [9.17, 15) is 14.4 Å². The molecule has 2 atom stereocenters. The number of fused-ring (bicyclic) bond motifs is 1. The third kappa shape index (κ3) is 4.07. The average molecular weight is 432 g/mol. The van der Waals surface area contributed by atoms with Gasteiger partial charge in [0.2, 0.25) is 11.8 Å². The highest BCUT2D eigenvalue weighted by Crippen LogP contribution is 2.26. The van der Waals surface area contributed by atoms with Gasteiger partial charge in [-0.15, -0.1) is 0 Å². The van der Waals surface area contributed by atoms with Gasteiger partial charge >= 0.3 is 0 Å². The fourth-order valence-electron chi connectivity index (χ4n) is 4.92. The van der Waals surface area contributed by atoms with Crippen LogP contribution in [0.4, 0.5) is 0 Å². The van der Waals surface area contributed by atoms with Gasteiger partial charge in [0.15, 0.2) is 5.69 Å². The molecule has 170 valence electrons. The number of nitrogens with zero attached hydrogens (tertiary/aromatic N) is 5. The third-order valence-electron chi connectivity index (χ3n) is 6.68. The summed E-state index contributed by atoms with van der Waals surface area (Å²) in [6, 6.07) is -1.26. The van der Waals surface area contributed by atoms with E-state index < -0.39 is 12.1 Å². The molecule has 0 bridgehead atoms. The Morgan fingerprint density at radius 1 is 1.13 bits per heavy atom. The molecule has 0 radical (unpaired) electrons. The van der Waals surface area contributed by atoms with Gasteiger partial charge in [-0.1, -0.05) is 19.0 Å². The molecule has 4 heterocycles. The van der Waals surface area contributed by atoms with Gasteiger partial charge in [0.1, 0.15) is 17.8 Å². The molecule has 9 nitrogen and oxygen atoms in total. The second-order valence-electron chi connectivity index (χ2n) is 9.41. The predicted octanol–water partition coefficient (Wildman–Crippen LogP) is 1.12. The summed E-state index contributed by atoms with van der Waals surface area (Å²) in [4.78, 5) is 46.9. The molecule has 9 heteroatoms. The molecule has 0 unspecified atom stereocenters. The van der Waals surface area contributed by atoms with E-state index in [0.717, 1.165) is 31.5 Å². The van der Waals surface area contributed by atoms with Crippen molar-refractivity contribution >= 4 is 17.7 Å². The highest BCUT2D eigenvalue weighted by Gasteiger charge is 2.47. The van der Waals surface area contributed by atoms with Crippen molar-refractivity contribution in [2.45, 2.75) is 59.2 Å². The Kier molecular flexibility index (Phi) is 6.05. The maximum Gasteiger partial charge on any atom is 0.277 e. The van der Waals surface area contributed by atoms with Crippen LogP contribution in [0.5, 0.6) is 0 Å². The van der Waals surface area contributed by atoms with E-state index in [2.05, 4.69) is 23.9 Å². The first-order valence-corrected chi connectivity index (χ1v) is 11.4. The van der Waals surface area contributed by atoms with Crippen LogP contribution in [0.2, 0.25) is 0 Å². The Labute approximate surface area is 183 Å². The first-order valence-electron chi connectivity index (χ1n) is 11.4. The Hall–Kier alpha value is -2.42. The fraction of sp³-hybridized carbons (Fsp3) is 0.727. The topological polar surface area (TPSA) is 90.2 Å². The number of hydrogen-bond donors (Lipinski definition) is 0. The summed E-state index contributed by atoms with van der Waals surface area (Å²) >= 11 is 0. The van der Waals surface area contributed by atoms with Crippen molar-refractivity contribution in [3.05, 3.63) is 17.0 Å². The molecule has 1 aromatic heterocycles. The van der Waals surface area contributed by atoms with Gasteiger partial charge in [-0.2, -0.15) is 0 Å². The van der Waals surface area contributed by atoms with Gasteiger partial charge in [-0.3, -0.25) is 19.3 Å². The van der Waals surface area contributed by atoms with E-state index in [4.69, 9.17) is 4.52 Å². The normalized spacial score (nSPS) is 25.0. The molecule has 1 aromatic rings. The number of hydrogen-bond acceptors (Lipinski definition) is 6. The number of likely N-dealkylation sites (tertiary alicyclic amines) is 1. The lowest BCUT2D eigenvalue weighted by molar-refractivity contribution is -0.160. The molecule has 0 aliphatic carbocycles. The Balaban J connectivity index is 1.56. The van der Waals surface area contributed by atoms with Crippen LogP contribution in [0.25, 0.3) is 0 Å². The lowest BCUT2D eigenvalue weighted by Gasteiger charge is -2.48. The standard InChI is InChI=1S/C22H33N5O4/c1-14(2)11-25-9-10-26-18(21(25)29)13-27(15(3)20(26)28)22(30)19-17(16(4)31-23-19)12-24-7-5-6-8-24/h14-15,18H,5-13H2,1-4H3/t15-,18-/m0/s1. The van der Waals surface area contributed by atoms with Crippen LogP contribution >= 0.6 is 0 Å². The highest BCUT2D eigenvalue weighted by atomic mass is 16.5. The molecule has 3 amide bonds. The zero-order valence-electron chi connectivity index (χ0n) is 19.0. The van der Waals surface area contributed by atoms with Crippen LogP contribution in [0.1, 0.15) is 55.4 Å².